The van der Waals surface area contributed by atoms with Crippen molar-refractivity contribution in [3.05, 3.63) is 71.8 Å². The molecular formula is C22H25FN4OS. The summed E-state index contributed by atoms with van der Waals surface area (Å²) in [5.41, 5.74) is 2.71. The first-order valence-corrected chi connectivity index (χ1v) is 10.6. The van der Waals surface area contributed by atoms with E-state index in [9.17, 15) is 9.18 Å². The zero-order valence-electron chi connectivity index (χ0n) is 16.8. The second kappa shape index (κ2) is 9.69. The van der Waals surface area contributed by atoms with Crippen molar-refractivity contribution in [2.45, 2.75) is 38.4 Å². The van der Waals surface area contributed by atoms with E-state index in [0.717, 1.165) is 12.0 Å². The van der Waals surface area contributed by atoms with Gasteiger partial charge in [-0.1, -0.05) is 62.0 Å². The van der Waals surface area contributed by atoms with Gasteiger partial charge >= 0.3 is 0 Å². The van der Waals surface area contributed by atoms with Crippen molar-refractivity contribution in [1.29, 1.82) is 0 Å². The molecule has 0 aliphatic rings. The summed E-state index contributed by atoms with van der Waals surface area (Å²) < 4.78 is 15.6. The summed E-state index contributed by atoms with van der Waals surface area (Å²) in [6.07, 6.45) is 2.49. The van der Waals surface area contributed by atoms with E-state index in [-0.39, 0.29) is 23.5 Å². The van der Waals surface area contributed by atoms with Crippen molar-refractivity contribution in [1.82, 2.24) is 20.1 Å². The van der Waals surface area contributed by atoms with E-state index in [0.29, 0.717) is 16.8 Å². The molecule has 1 heterocycles. The Labute approximate surface area is 174 Å². The minimum Gasteiger partial charge on any atom is -0.349 e. The lowest BCUT2D eigenvalue weighted by Crippen LogP contribution is -2.28. The molecular weight excluding hydrogens is 387 g/mol. The molecule has 0 aliphatic carbocycles. The Morgan fingerprint density at radius 2 is 1.86 bits per heavy atom. The second-order valence-corrected chi connectivity index (χ2v) is 8.29. The van der Waals surface area contributed by atoms with Crippen LogP contribution in [0.5, 0.6) is 0 Å². The van der Waals surface area contributed by atoms with Gasteiger partial charge in [-0.3, -0.25) is 9.36 Å². The van der Waals surface area contributed by atoms with Crippen molar-refractivity contribution >= 4 is 17.7 Å². The molecule has 0 fully saturated rings. The monoisotopic (exact) mass is 412 g/mol. The average Bonchev–Trinajstić information content (AvgIpc) is 3.15. The minimum absolute atomic E-state index is 0.0966. The number of hydrogen-bond acceptors (Lipinski definition) is 4. The Morgan fingerprint density at radius 3 is 2.55 bits per heavy atom. The molecule has 0 radical (unpaired) electrons. The predicted molar refractivity (Wildman–Crippen MR) is 114 cm³/mol. The number of halogens is 1. The number of benzene rings is 2. The van der Waals surface area contributed by atoms with E-state index in [1.54, 1.807) is 22.8 Å². The van der Waals surface area contributed by atoms with Crippen LogP contribution in [0.4, 0.5) is 4.39 Å². The SMILES string of the molecule is CC(C)Cc1ccc(C(C)NC(=O)CSc2nncn2-c2ccccc2F)cc1. The summed E-state index contributed by atoms with van der Waals surface area (Å²) in [5, 5.41) is 11.3. The first-order valence-electron chi connectivity index (χ1n) is 9.60. The smallest absolute Gasteiger partial charge is 0.230 e. The fourth-order valence-electron chi connectivity index (χ4n) is 3.05. The van der Waals surface area contributed by atoms with Gasteiger partial charge in [-0.05, 0) is 42.5 Å². The third kappa shape index (κ3) is 5.67. The van der Waals surface area contributed by atoms with E-state index >= 15 is 0 Å². The molecule has 1 amide bonds. The molecule has 152 valence electrons. The zero-order valence-corrected chi connectivity index (χ0v) is 17.6. The van der Waals surface area contributed by atoms with Crippen molar-refractivity contribution in [2.75, 3.05) is 5.75 Å². The number of amides is 1. The number of hydrogen-bond donors (Lipinski definition) is 1. The summed E-state index contributed by atoms with van der Waals surface area (Å²) in [6.45, 7) is 6.35. The van der Waals surface area contributed by atoms with Gasteiger partial charge in [0.15, 0.2) is 5.16 Å². The molecule has 0 bridgehead atoms. The molecule has 1 aromatic heterocycles. The largest absolute Gasteiger partial charge is 0.349 e. The highest BCUT2D eigenvalue weighted by molar-refractivity contribution is 7.99. The molecule has 1 unspecified atom stereocenters. The molecule has 0 aliphatic heterocycles. The number of para-hydroxylation sites is 1. The lowest BCUT2D eigenvalue weighted by atomic mass is 10.00. The Balaban J connectivity index is 1.57. The average molecular weight is 413 g/mol. The van der Waals surface area contributed by atoms with Gasteiger partial charge in [0.2, 0.25) is 5.91 Å². The number of nitrogens with zero attached hydrogens (tertiary/aromatic N) is 3. The van der Waals surface area contributed by atoms with E-state index in [2.05, 4.69) is 53.6 Å². The molecule has 5 nitrogen and oxygen atoms in total. The first-order chi connectivity index (χ1) is 13.9. The molecule has 3 rings (SSSR count). The van der Waals surface area contributed by atoms with Gasteiger partial charge < -0.3 is 5.32 Å². The fraction of sp³-hybridized carbons (Fsp3) is 0.318. The van der Waals surface area contributed by atoms with Crippen LogP contribution in [0.15, 0.2) is 60.0 Å². The van der Waals surface area contributed by atoms with Gasteiger partial charge in [-0.2, -0.15) is 0 Å². The van der Waals surface area contributed by atoms with Gasteiger partial charge in [0, 0.05) is 0 Å². The van der Waals surface area contributed by atoms with Crippen LogP contribution in [0.1, 0.15) is 37.9 Å². The van der Waals surface area contributed by atoms with Gasteiger partial charge in [0.1, 0.15) is 12.1 Å². The number of nitrogens with one attached hydrogen (secondary N) is 1. The van der Waals surface area contributed by atoms with Crippen LogP contribution in [0.25, 0.3) is 5.69 Å². The number of aromatic nitrogens is 3. The Kier molecular flexibility index (Phi) is 7.04. The van der Waals surface area contributed by atoms with Crippen LogP contribution in [0.3, 0.4) is 0 Å². The molecule has 3 aromatic rings. The Morgan fingerprint density at radius 1 is 1.14 bits per heavy atom. The van der Waals surface area contributed by atoms with Crippen molar-refractivity contribution in [3.63, 3.8) is 0 Å². The summed E-state index contributed by atoms with van der Waals surface area (Å²) in [6, 6.07) is 14.6. The summed E-state index contributed by atoms with van der Waals surface area (Å²) in [5.74, 6) is 0.300. The van der Waals surface area contributed by atoms with Crippen LogP contribution in [0, 0.1) is 11.7 Å². The maximum Gasteiger partial charge on any atom is 0.230 e. The molecule has 0 saturated carbocycles. The van der Waals surface area contributed by atoms with Gasteiger partial charge in [-0.25, -0.2) is 4.39 Å². The van der Waals surface area contributed by atoms with Gasteiger partial charge in [0.05, 0.1) is 17.5 Å². The molecule has 0 saturated heterocycles. The number of thioether (sulfide) groups is 1. The van der Waals surface area contributed by atoms with E-state index in [1.807, 2.05) is 6.92 Å². The standard InChI is InChI=1S/C22H25FN4OS/c1-15(2)12-17-8-10-18(11-9-17)16(3)25-21(28)13-29-22-26-24-14-27(22)20-7-5-4-6-19(20)23/h4-11,14-16H,12-13H2,1-3H3,(H,25,28). The lowest BCUT2D eigenvalue weighted by molar-refractivity contribution is -0.119. The summed E-state index contributed by atoms with van der Waals surface area (Å²) in [4.78, 5) is 12.4. The Bertz CT molecular complexity index is 955. The van der Waals surface area contributed by atoms with Crippen LogP contribution < -0.4 is 5.32 Å². The molecule has 1 atom stereocenters. The molecule has 29 heavy (non-hydrogen) atoms. The maximum atomic E-state index is 14.0. The molecule has 7 heteroatoms. The molecule has 1 N–H and O–H groups in total. The Hall–Kier alpha value is -2.67. The van der Waals surface area contributed by atoms with Crippen molar-refractivity contribution in [3.8, 4) is 5.69 Å². The second-order valence-electron chi connectivity index (χ2n) is 7.35. The third-order valence-corrected chi connectivity index (χ3v) is 5.41. The zero-order chi connectivity index (χ0) is 20.8. The number of rotatable bonds is 8. The highest BCUT2D eigenvalue weighted by Crippen LogP contribution is 2.22. The molecule has 0 spiro atoms. The maximum absolute atomic E-state index is 14.0. The number of carbonyl (C=O) groups excluding carboxylic acids is 1. The van der Waals surface area contributed by atoms with Crippen LogP contribution in [0.2, 0.25) is 0 Å². The quantitative estimate of drug-likeness (QED) is 0.551. The summed E-state index contributed by atoms with van der Waals surface area (Å²) in [7, 11) is 0. The minimum atomic E-state index is -0.367. The lowest BCUT2D eigenvalue weighted by Gasteiger charge is -2.15. The van der Waals surface area contributed by atoms with E-state index < -0.39 is 0 Å². The first kappa shape index (κ1) is 21.0. The highest BCUT2D eigenvalue weighted by Gasteiger charge is 2.14. The van der Waals surface area contributed by atoms with E-state index in [4.69, 9.17) is 0 Å². The van der Waals surface area contributed by atoms with Gasteiger partial charge in [0.25, 0.3) is 0 Å². The van der Waals surface area contributed by atoms with Crippen molar-refractivity contribution in [2.24, 2.45) is 5.92 Å². The molecule has 2 aromatic carbocycles. The van der Waals surface area contributed by atoms with Gasteiger partial charge in [-0.15, -0.1) is 10.2 Å². The normalized spacial score (nSPS) is 12.2. The summed E-state index contributed by atoms with van der Waals surface area (Å²) >= 11 is 1.22. The van der Waals surface area contributed by atoms with Crippen molar-refractivity contribution < 1.29 is 9.18 Å². The predicted octanol–water partition coefficient (Wildman–Crippen LogP) is 4.57. The van der Waals surface area contributed by atoms with E-state index in [1.165, 1.54) is 29.7 Å². The van der Waals surface area contributed by atoms with Crippen LogP contribution >= 0.6 is 11.8 Å². The number of carbonyl (C=O) groups is 1. The van der Waals surface area contributed by atoms with Crippen LogP contribution in [-0.4, -0.2) is 26.4 Å². The third-order valence-electron chi connectivity index (χ3n) is 4.46. The fourth-order valence-corrected chi connectivity index (χ4v) is 3.78. The van der Waals surface area contributed by atoms with Crippen LogP contribution in [-0.2, 0) is 11.2 Å². The topological polar surface area (TPSA) is 59.8 Å². The highest BCUT2D eigenvalue weighted by atomic mass is 32.2.